The molecule has 1 unspecified atom stereocenters. The van der Waals surface area contributed by atoms with Gasteiger partial charge in [-0.3, -0.25) is 4.79 Å². The molecule has 0 saturated heterocycles. The van der Waals surface area contributed by atoms with Gasteiger partial charge in [-0.05, 0) is 63.8 Å². The van der Waals surface area contributed by atoms with Crippen molar-refractivity contribution < 1.29 is 23.9 Å². The van der Waals surface area contributed by atoms with Gasteiger partial charge < -0.3 is 19.7 Å². The average molecular weight is 409 g/mol. The normalized spacial score (nSPS) is 23.1. The highest BCUT2D eigenvalue weighted by Crippen LogP contribution is 2.36. The fourth-order valence-corrected chi connectivity index (χ4v) is 4.87. The molecule has 1 N–H and O–H groups in total. The second kappa shape index (κ2) is 8.11. The predicted molar refractivity (Wildman–Crippen MR) is 105 cm³/mol. The van der Waals surface area contributed by atoms with Crippen LogP contribution in [-0.2, 0) is 20.8 Å². The van der Waals surface area contributed by atoms with Gasteiger partial charge >= 0.3 is 12.1 Å². The molecule has 8 heteroatoms. The summed E-state index contributed by atoms with van der Waals surface area (Å²) in [4.78, 5) is 40.1. The van der Waals surface area contributed by atoms with Gasteiger partial charge in [-0.1, -0.05) is 0 Å². The number of hydrogen-bond donors (Lipinski definition) is 1. The van der Waals surface area contributed by atoms with Gasteiger partial charge in [0.25, 0.3) is 5.91 Å². The van der Waals surface area contributed by atoms with Crippen molar-refractivity contribution >= 4 is 29.3 Å². The molecule has 154 valence electrons. The van der Waals surface area contributed by atoms with Gasteiger partial charge in [-0.2, -0.15) is 0 Å². The van der Waals surface area contributed by atoms with E-state index in [9.17, 15) is 14.4 Å². The maximum atomic E-state index is 12.6. The minimum Gasteiger partial charge on any atom is -0.467 e. The Kier molecular flexibility index (Phi) is 5.98. The van der Waals surface area contributed by atoms with Crippen LogP contribution in [0.15, 0.2) is 11.4 Å². The Hall–Kier alpha value is -2.09. The molecule has 0 radical (unpaired) electrons. The lowest BCUT2D eigenvalue weighted by Gasteiger charge is -2.37. The monoisotopic (exact) mass is 408 g/mol. The third kappa shape index (κ3) is 4.48. The minimum absolute atomic E-state index is 0.0389. The number of thiophene rings is 1. The zero-order valence-electron chi connectivity index (χ0n) is 16.8. The molecular weight excluding hydrogens is 380 g/mol. The summed E-state index contributed by atoms with van der Waals surface area (Å²) in [5.74, 6) is -0.396. The summed E-state index contributed by atoms with van der Waals surface area (Å²) >= 11 is 1.62. The van der Waals surface area contributed by atoms with Gasteiger partial charge in [0.1, 0.15) is 11.6 Å². The van der Waals surface area contributed by atoms with Gasteiger partial charge in [0.05, 0.1) is 19.2 Å². The van der Waals surface area contributed by atoms with Crippen molar-refractivity contribution in [2.24, 2.45) is 5.92 Å². The molecule has 1 fully saturated rings. The lowest BCUT2D eigenvalue weighted by atomic mass is 9.81. The topological polar surface area (TPSA) is 84.9 Å². The Labute approximate surface area is 169 Å². The van der Waals surface area contributed by atoms with E-state index in [2.05, 4.69) is 5.32 Å². The van der Waals surface area contributed by atoms with Crippen molar-refractivity contribution in [1.82, 2.24) is 10.2 Å². The Morgan fingerprint density at radius 2 is 1.93 bits per heavy atom. The standard InChI is InChI=1S/C20H28N2O5S/c1-20(2,3)27-19(25)21-16(18(24)26-4)12-5-7-13(8-6-12)22-11-15-14(17(22)23)9-10-28-15/h9-10,12-13,16H,5-8,11H2,1-4H3,(H,21,25). The number of alkyl carbamates (subject to hydrolysis) is 1. The third-order valence-corrected chi connectivity index (χ3v) is 6.24. The second-order valence-electron chi connectivity index (χ2n) is 8.41. The quantitative estimate of drug-likeness (QED) is 0.773. The number of nitrogens with zero attached hydrogens (tertiary/aromatic N) is 1. The Balaban J connectivity index is 1.59. The van der Waals surface area contributed by atoms with Crippen LogP contribution < -0.4 is 5.32 Å². The van der Waals surface area contributed by atoms with E-state index in [1.807, 2.05) is 16.3 Å². The van der Waals surface area contributed by atoms with Crippen LogP contribution in [-0.4, -0.2) is 47.7 Å². The van der Waals surface area contributed by atoms with E-state index in [1.54, 1.807) is 32.1 Å². The summed E-state index contributed by atoms with van der Waals surface area (Å²) in [6, 6.07) is 1.33. The summed E-state index contributed by atoms with van der Waals surface area (Å²) in [6.45, 7) is 6.00. The first-order chi connectivity index (χ1) is 13.2. The maximum absolute atomic E-state index is 12.6. The molecule has 1 atom stereocenters. The minimum atomic E-state index is -0.739. The van der Waals surface area contributed by atoms with E-state index in [-0.39, 0.29) is 17.9 Å². The molecule has 2 amide bonds. The number of carbonyl (C=O) groups excluding carboxylic acids is 3. The van der Waals surface area contributed by atoms with Crippen LogP contribution in [0.3, 0.4) is 0 Å². The molecule has 1 saturated carbocycles. The van der Waals surface area contributed by atoms with E-state index in [4.69, 9.17) is 9.47 Å². The third-order valence-electron chi connectivity index (χ3n) is 5.33. The number of nitrogens with one attached hydrogen (secondary N) is 1. The summed E-state index contributed by atoms with van der Waals surface area (Å²) in [7, 11) is 1.32. The zero-order chi connectivity index (χ0) is 20.5. The molecule has 0 aromatic carbocycles. The number of methoxy groups -OCH3 is 1. The highest BCUT2D eigenvalue weighted by atomic mass is 32.1. The molecule has 2 aliphatic rings. The van der Waals surface area contributed by atoms with E-state index in [0.717, 1.165) is 36.1 Å². The number of rotatable bonds is 4. The van der Waals surface area contributed by atoms with Crippen LogP contribution in [0.25, 0.3) is 0 Å². The summed E-state index contributed by atoms with van der Waals surface area (Å²) in [6.07, 6.45) is 2.45. The Morgan fingerprint density at radius 3 is 2.50 bits per heavy atom. The average Bonchev–Trinajstić information content (AvgIpc) is 3.21. The van der Waals surface area contributed by atoms with E-state index in [1.165, 1.54) is 7.11 Å². The van der Waals surface area contributed by atoms with Gasteiger partial charge in [-0.25, -0.2) is 9.59 Å². The van der Waals surface area contributed by atoms with E-state index >= 15 is 0 Å². The lowest BCUT2D eigenvalue weighted by molar-refractivity contribution is -0.145. The SMILES string of the molecule is COC(=O)C(NC(=O)OC(C)(C)C)C1CCC(N2Cc3sccc3C2=O)CC1. The van der Waals surface area contributed by atoms with Gasteiger partial charge in [0.15, 0.2) is 0 Å². The molecule has 1 aromatic heterocycles. The zero-order valence-corrected chi connectivity index (χ0v) is 17.6. The molecule has 0 bridgehead atoms. The summed E-state index contributed by atoms with van der Waals surface area (Å²) in [5.41, 5.74) is 0.185. The van der Waals surface area contributed by atoms with Crippen molar-refractivity contribution in [3.8, 4) is 0 Å². The fourth-order valence-electron chi connectivity index (χ4n) is 4.01. The Bertz CT molecular complexity index is 746. The number of ether oxygens (including phenoxy) is 2. The van der Waals surface area contributed by atoms with E-state index in [0.29, 0.717) is 6.54 Å². The molecule has 1 aliphatic heterocycles. The number of amides is 2. The first-order valence-electron chi connectivity index (χ1n) is 9.64. The van der Waals surface area contributed by atoms with Crippen LogP contribution in [0, 0.1) is 5.92 Å². The number of hydrogen-bond acceptors (Lipinski definition) is 6. The predicted octanol–water partition coefficient (Wildman–Crippen LogP) is 3.33. The van der Waals surface area contributed by atoms with Crippen LogP contribution >= 0.6 is 11.3 Å². The van der Waals surface area contributed by atoms with Crippen molar-refractivity contribution in [2.45, 2.75) is 70.7 Å². The molecule has 7 nitrogen and oxygen atoms in total. The molecule has 1 aromatic rings. The summed E-state index contributed by atoms with van der Waals surface area (Å²) < 4.78 is 10.2. The molecule has 1 aliphatic carbocycles. The highest BCUT2D eigenvalue weighted by molar-refractivity contribution is 7.10. The molecule has 28 heavy (non-hydrogen) atoms. The van der Waals surface area contributed by atoms with Crippen molar-refractivity contribution in [1.29, 1.82) is 0 Å². The number of esters is 1. The largest absolute Gasteiger partial charge is 0.467 e. The molecule has 3 rings (SSSR count). The first-order valence-corrected chi connectivity index (χ1v) is 10.5. The smallest absolute Gasteiger partial charge is 0.408 e. The molecule has 2 heterocycles. The molecular formula is C20H28N2O5S. The van der Waals surface area contributed by atoms with Crippen molar-refractivity contribution in [3.05, 3.63) is 21.9 Å². The number of carbonyl (C=O) groups is 3. The van der Waals surface area contributed by atoms with Gasteiger partial charge in [0, 0.05) is 10.9 Å². The van der Waals surface area contributed by atoms with Gasteiger partial charge in [0.2, 0.25) is 0 Å². The van der Waals surface area contributed by atoms with Crippen LogP contribution in [0.2, 0.25) is 0 Å². The second-order valence-corrected chi connectivity index (χ2v) is 9.41. The first kappa shape index (κ1) is 20.6. The van der Waals surface area contributed by atoms with Crippen LogP contribution in [0.1, 0.15) is 61.7 Å². The summed E-state index contributed by atoms with van der Waals surface area (Å²) in [5, 5.41) is 4.64. The number of fused-ring (bicyclic) bond motifs is 1. The Morgan fingerprint density at radius 1 is 1.25 bits per heavy atom. The van der Waals surface area contributed by atoms with Crippen molar-refractivity contribution in [2.75, 3.05) is 7.11 Å². The maximum Gasteiger partial charge on any atom is 0.408 e. The van der Waals surface area contributed by atoms with Crippen molar-refractivity contribution in [3.63, 3.8) is 0 Å². The van der Waals surface area contributed by atoms with Crippen LogP contribution in [0.4, 0.5) is 4.79 Å². The fraction of sp³-hybridized carbons (Fsp3) is 0.650. The lowest BCUT2D eigenvalue weighted by Crippen LogP contribution is -2.50. The van der Waals surface area contributed by atoms with E-state index < -0.39 is 23.7 Å². The highest BCUT2D eigenvalue weighted by Gasteiger charge is 2.39. The molecule has 0 spiro atoms. The van der Waals surface area contributed by atoms with Gasteiger partial charge in [-0.15, -0.1) is 11.3 Å². The van der Waals surface area contributed by atoms with Crippen LogP contribution in [0.5, 0.6) is 0 Å².